The van der Waals surface area contributed by atoms with Gasteiger partial charge in [-0.05, 0) is 0 Å². The van der Waals surface area contributed by atoms with Gasteiger partial charge in [-0.3, -0.25) is 9.69 Å². The molecule has 0 aromatic carbocycles. The Morgan fingerprint density at radius 1 is 1.17 bits per heavy atom. The second-order valence-corrected chi connectivity index (χ2v) is 3.90. The zero-order valence-corrected chi connectivity index (χ0v) is 12.3. The van der Waals surface area contributed by atoms with Crippen molar-refractivity contribution in [3.05, 3.63) is 25.3 Å². The van der Waals surface area contributed by atoms with Crippen molar-refractivity contribution in [1.82, 2.24) is 15.1 Å². The highest BCUT2D eigenvalue weighted by molar-refractivity contribution is 5.85. The van der Waals surface area contributed by atoms with Crippen molar-refractivity contribution in [1.29, 1.82) is 0 Å². The maximum Gasteiger partial charge on any atom is 0.237 e. The minimum absolute atomic E-state index is 0. The van der Waals surface area contributed by atoms with Crippen LogP contribution in [-0.4, -0.2) is 61.5 Å². The quantitative estimate of drug-likeness (QED) is 0.741. The summed E-state index contributed by atoms with van der Waals surface area (Å²) in [5.74, 6) is 0.154. The highest BCUT2D eigenvalue weighted by Gasteiger charge is 2.16. The Morgan fingerprint density at radius 2 is 1.67 bits per heavy atom. The molecule has 0 unspecified atom stereocenters. The van der Waals surface area contributed by atoms with E-state index in [9.17, 15) is 4.79 Å². The van der Waals surface area contributed by atoms with Crippen molar-refractivity contribution in [2.75, 3.05) is 45.8 Å². The van der Waals surface area contributed by atoms with Crippen molar-refractivity contribution in [3.8, 4) is 0 Å². The third-order valence-electron chi connectivity index (χ3n) is 2.62. The molecule has 1 N–H and O–H groups in total. The van der Waals surface area contributed by atoms with Gasteiger partial charge in [-0.15, -0.1) is 38.0 Å². The van der Waals surface area contributed by atoms with Crippen LogP contribution in [0.3, 0.4) is 0 Å². The highest BCUT2D eigenvalue weighted by atomic mass is 35.5. The number of carbonyl (C=O) groups excluding carboxylic acids is 1. The Kier molecular flexibility index (Phi) is 12.7. The van der Waals surface area contributed by atoms with E-state index in [1.165, 1.54) is 0 Å². The molecule has 0 radical (unpaired) electrons. The molecule has 1 saturated heterocycles. The summed E-state index contributed by atoms with van der Waals surface area (Å²) < 4.78 is 0. The number of piperazine rings is 1. The number of carbonyl (C=O) groups is 1. The van der Waals surface area contributed by atoms with Gasteiger partial charge in [0.25, 0.3) is 0 Å². The lowest BCUT2D eigenvalue weighted by Crippen LogP contribution is -2.48. The van der Waals surface area contributed by atoms with E-state index < -0.39 is 0 Å². The van der Waals surface area contributed by atoms with Crippen LogP contribution in [0.15, 0.2) is 25.3 Å². The minimum Gasteiger partial charge on any atom is -0.334 e. The van der Waals surface area contributed by atoms with Crippen molar-refractivity contribution in [2.45, 2.75) is 0 Å². The molecule has 1 heterocycles. The number of rotatable bonds is 6. The first-order chi connectivity index (χ1) is 7.77. The molecule has 18 heavy (non-hydrogen) atoms. The van der Waals surface area contributed by atoms with E-state index in [0.29, 0.717) is 19.6 Å². The van der Waals surface area contributed by atoms with Crippen LogP contribution >= 0.6 is 24.8 Å². The number of halogens is 2. The first kappa shape index (κ1) is 19.8. The predicted molar refractivity (Wildman–Crippen MR) is 80.8 cm³/mol. The van der Waals surface area contributed by atoms with Gasteiger partial charge in [-0.1, -0.05) is 12.2 Å². The molecule has 0 saturated carbocycles. The summed E-state index contributed by atoms with van der Waals surface area (Å²) in [7, 11) is 0. The molecule has 1 aliphatic heterocycles. The fourth-order valence-corrected chi connectivity index (χ4v) is 1.75. The standard InChI is InChI=1S/C12H21N3O.2ClH/c1-3-7-15(8-4-2)12(16)11-14-9-5-13-6-10-14;;/h3-4,13H,1-2,5-11H2;2*1H. The summed E-state index contributed by atoms with van der Waals surface area (Å²) in [6.07, 6.45) is 3.50. The van der Waals surface area contributed by atoms with Gasteiger partial charge in [-0.25, -0.2) is 0 Å². The lowest BCUT2D eigenvalue weighted by atomic mass is 10.3. The summed E-state index contributed by atoms with van der Waals surface area (Å²) in [5, 5.41) is 3.27. The van der Waals surface area contributed by atoms with Crippen LogP contribution in [0.25, 0.3) is 0 Å². The molecule has 4 nitrogen and oxygen atoms in total. The van der Waals surface area contributed by atoms with E-state index in [1.807, 2.05) is 0 Å². The number of nitrogens with one attached hydrogen (secondary N) is 1. The second-order valence-electron chi connectivity index (χ2n) is 3.90. The lowest BCUT2D eigenvalue weighted by Gasteiger charge is -2.29. The van der Waals surface area contributed by atoms with E-state index in [1.54, 1.807) is 17.1 Å². The molecule has 1 rings (SSSR count). The summed E-state index contributed by atoms with van der Waals surface area (Å²) in [5.41, 5.74) is 0. The molecule has 0 aliphatic carbocycles. The van der Waals surface area contributed by atoms with Gasteiger partial charge >= 0.3 is 0 Å². The predicted octanol–water partition coefficient (Wildman–Crippen LogP) is 0.936. The zero-order chi connectivity index (χ0) is 11.8. The topological polar surface area (TPSA) is 35.6 Å². The first-order valence-corrected chi connectivity index (χ1v) is 5.70. The van der Waals surface area contributed by atoms with Crippen LogP contribution in [0.2, 0.25) is 0 Å². The normalized spacial score (nSPS) is 14.9. The molecule has 1 amide bonds. The Labute approximate surface area is 122 Å². The fraction of sp³-hybridized carbons (Fsp3) is 0.583. The van der Waals surface area contributed by atoms with Gasteiger partial charge in [0.15, 0.2) is 0 Å². The minimum atomic E-state index is 0. The van der Waals surface area contributed by atoms with Crippen LogP contribution in [-0.2, 0) is 4.79 Å². The third-order valence-corrected chi connectivity index (χ3v) is 2.62. The maximum absolute atomic E-state index is 12.0. The Bertz CT molecular complexity index is 246. The summed E-state index contributed by atoms with van der Waals surface area (Å²) >= 11 is 0. The van der Waals surface area contributed by atoms with Gasteiger partial charge in [0.05, 0.1) is 6.54 Å². The molecular weight excluding hydrogens is 273 g/mol. The number of hydrogen-bond donors (Lipinski definition) is 1. The molecule has 6 heteroatoms. The molecule has 1 aliphatic rings. The van der Waals surface area contributed by atoms with E-state index in [-0.39, 0.29) is 30.7 Å². The van der Waals surface area contributed by atoms with E-state index in [4.69, 9.17) is 0 Å². The number of nitrogens with zero attached hydrogens (tertiary/aromatic N) is 2. The molecule has 106 valence electrons. The van der Waals surface area contributed by atoms with Gasteiger partial charge in [0.2, 0.25) is 5.91 Å². The van der Waals surface area contributed by atoms with Crippen LogP contribution in [0.1, 0.15) is 0 Å². The lowest BCUT2D eigenvalue weighted by molar-refractivity contribution is -0.131. The number of amides is 1. The smallest absolute Gasteiger partial charge is 0.237 e. The van der Waals surface area contributed by atoms with Crippen molar-refractivity contribution >= 4 is 30.7 Å². The number of hydrogen-bond acceptors (Lipinski definition) is 3. The summed E-state index contributed by atoms with van der Waals surface area (Å²) in [6.45, 7) is 12.8. The highest BCUT2D eigenvalue weighted by Crippen LogP contribution is 1.97. The fourth-order valence-electron chi connectivity index (χ4n) is 1.75. The van der Waals surface area contributed by atoms with Crippen LogP contribution in [0.4, 0.5) is 0 Å². The summed E-state index contributed by atoms with van der Waals surface area (Å²) in [4.78, 5) is 15.9. The van der Waals surface area contributed by atoms with Crippen LogP contribution < -0.4 is 5.32 Å². The molecule has 0 aromatic heterocycles. The Hall–Kier alpha value is -0.550. The van der Waals surface area contributed by atoms with Crippen molar-refractivity contribution < 1.29 is 4.79 Å². The molecule has 0 aromatic rings. The average molecular weight is 296 g/mol. The van der Waals surface area contributed by atoms with Gasteiger partial charge in [-0.2, -0.15) is 0 Å². The maximum atomic E-state index is 12.0. The van der Waals surface area contributed by atoms with E-state index in [2.05, 4.69) is 23.4 Å². The third kappa shape index (κ3) is 7.01. The largest absolute Gasteiger partial charge is 0.334 e. The zero-order valence-electron chi connectivity index (χ0n) is 10.6. The molecule has 0 bridgehead atoms. The van der Waals surface area contributed by atoms with Gasteiger partial charge in [0.1, 0.15) is 0 Å². The Morgan fingerprint density at radius 3 is 2.11 bits per heavy atom. The second kappa shape index (κ2) is 11.5. The van der Waals surface area contributed by atoms with Gasteiger partial charge in [0, 0.05) is 39.3 Å². The van der Waals surface area contributed by atoms with Crippen molar-refractivity contribution in [2.24, 2.45) is 0 Å². The van der Waals surface area contributed by atoms with Crippen LogP contribution in [0, 0.1) is 0 Å². The molecular formula is C12H23Cl2N3O. The SMILES string of the molecule is C=CCN(CC=C)C(=O)CN1CCNCC1.Cl.Cl. The first-order valence-electron chi connectivity index (χ1n) is 5.70. The average Bonchev–Trinajstić information content (AvgIpc) is 2.30. The van der Waals surface area contributed by atoms with Gasteiger partial charge < -0.3 is 10.2 Å². The Balaban J connectivity index is 0. The monoisotopic (exact) mass is 295 g/mol. The molecule has 0 spiro atoms. The molecule has 0 atom stereocenters. The molecule has 1 fully saturated rings. The van der Waals surface area contributed by atoms with E-state index in [0.717, 1.165) is 26.2 Å². The van der Waals surface area contributed by atoms with Crippen LogP contribution in [0.5, 0.6) is 0 Å². The summed E-state index contributed by atoms with van der Waals surface area (Å²) in [6, 6.07) is 0. The van der Waals surface area contributed by atoms with Crippen molar-refractivity contribution in [3.63, 3.8) is 0 Å². The van der Waals surface area contributed by atoms with E-state index >= 15 is 0 Å².